The minimum Gasteiger partial charge on any atom is -0.460 e. The lowest BCUT2D eigenvalue weighted by molar-refractivity contribution is -0.223. The summed E-state index contributed by atoms with van der Waals surface area (Å²) in [5, 5.41) is 0. The summed E-state index contributed by atoms with van der Waals surface area (Å²) in [6.45, 7) is 9.09. The summed E-state index contributed by atoms with van der Waals surface area (Å²) in [6, 6.07) is 6.58. The molecule has 0 amide bonds. The average molecular weight is 320 g/mol. The summed E-state index contributed by atoms with van der Waals surface area (Å²) in [4.78, 5) is 37.9. The number of nitrogens with zero attached hydrogens (tertiary/aromatic N) is 2. The van der Waals surface area contributed by atoms with Gasteiger partial charge in [0.05, 0.1) is 11.4 Å². The molecule has 1 aromatic rings. The molecule has 0 saturated carbocycles. The van der Waals surface area contributed by atoms with E-state index in [1.54, 1.807) is 31.2 Å². The smallest absolute Gasteiger partial charge is 0.333 e. The molecular formula is C16H20N2O5. The van der Waals surface area contributed by atoms with E-state index in [4.69, 9.17) is 9.62 Å². The van der Waals surface area contributed by atoms with Crippen molar-refractivity contribution < 1.29 is 24.1 Å². The van der Waals surface area contributed by atoms with Gasteiger partial charge in [0.2, 0.25) is 12.5 Å². The van der Waals surface area contributed by atoms with E-state index in [9.17, 15) is 9.59 Å². The van der Waals surface area contributed by atoms with E-state index in [0.29, 0.717) is 16.9 Å². The molecule has 0 saturated heterocycles. The third-order valence-corrected chi connectivity index (χ3v) is 2.07. The first-order chi connectivity index (χ1) is 11.1. The standard InChI is InChI=1S/C14H14N2O5.C2H6/c1-11(2)14(18)19-6-7-20-21-10-16-13-5-3-4-12(8-13)15-9-17;1-2/h3-5,8,10H,1,6-7H2,2H3;1-2H3. The van der Waals surface area contributed by atoms with Crippen LogP contribution >= 0.6 is 0 Å². The SMILES string of the molecule is C=C(C)C(=O)OCCOOC=Nc1cccc(N=C=O)c1.CC. The van der Waals surface area contributed by atoms with Crippen molar-refractivity contribution in [3.05, 3.63) is 36.4 Å². The second-order valence-corrected chi connectivity index (χ2v) is 3.79. The maximum Gasteiger partial charge on any atom is 0.333 e. The zero-order chi connectivity index (χ0) is 17.5. The minimum absolute atomic E-state index is 0.0447. The molecule has 0 fully saturated rings. The number of isocyanates is 1. The van der Waals surface area contributed by atoms with Crippen molar-refractivity contribution in [1.82, 2.24) is 0 Å². The van der Waals surface area contributed by atoms with Gasteiger partial charge < -0.3 is 9.62 Å². The van der Waals surface area contributed by atoms with Gasteiger partial charge in [-0.1, -0.05) is 26.5 Å². The normalized spacial score (nSPS) is 9.35. The third-order valence-electron chi connectivity index (χ3n) is 2.07. The molecule has 0 bridgehead atoms. The Morgan fingerprint density at radius 2 is 2.00 bits per heavy atom. The Morgan fingerprint density at radius 3 is 2.65 bits per heavy atom. The Balaban J connectivity index is 0.00000232. The number of hydrogen-bond donors (Lipinski definition) is 0. The van der Waals surface area contributed by atoms with Gasteiger partial charge in [-0.2, -0.15) is 9.88 Å². The van der Waals surface area contributed by atoms with E-state index in [1.165, 1.54) is 6.08 Å². The number of benzene rings is 1. The van der Waals surface area contributed by atoms with Gasteiger partial charge in [-0.05, 0) is 25.1 Å². The van der Waals surface area contributed by atoms with Gasteiger partial charge in [-0.3, -0.25) is 0 Å². The van der Waals surface area contributed by atoms with Crippen molar-refractivity contribution in [1.29, 1.82) is 0 Å². The molecule has 0 spiro atoms. The molecule has 0 aliphatic heterocycles. The lowest BCUT2D eigenvalue weighted by atomic mass is 10.3. The topological polar surface area (TPSA) is 86.6 Å². The molecule has 0 aliphatic carbocycles. The molecule has 0 atom stereocenters. The van der Waals surface area contributed by atoms with Gasteiger partial charge in [0.15, 0.2) is 0 Å². The van der Waals surface area contributed by atoms with Crippen LogP contribution in [0.4, 0.5) is 11.4 Å². The molecule has 7 nitrogen and oxygen atoms in total. The first kappa shape index (κ1) is 20.2. The number of ether oxygens (including phenoxy) is 1. The number of carbonyl (C=O) groups excluding carboxylic acids is 2. The summed E-state index contributed by atoms with van der Waals surface area (Å²) in [5.74, 6) is -0.486. The van der Waals surface area contributed by atoms with E-state index in [1.807, 2.05) is 13.8 Å². The lowest BCUT2D eigenvalue weighted by Gasteiger charge is -2.03. The predicted octanol–water partition coefficient (Wildman–Crippen LogP) is 3.41. The van der Waals surface area contributed by atoms with Crippen LogP contribution in [-0.2, 0) is 24.1 Å². The summed E-state index contributed by atoms with van der Waals surface area (Å²) < 4.78 is 4.77. The van der Waals surface area contributed by atoms with Crippen LogP contribution in [0, 0.1) is 0 Å². The van der Waals surface area contributed by atoms with Crippen LogP contribution in [-0.4, -0.2) is 31.7 Å². The summed E-state index contributed by atoms with van der Waals surface area (Å²) in [6.07, 6.45) is 2.51. The number of aliphatic imine (C=N–C) groups is 2. The van der Waals surface area contributed by atoms with Gasteiger partial charge >= 0.3 is 5.97 Å². The van der Waals surface area contributed by atoms with E-state index in [0.717, 1.165) is 6.40 Å². The first-order valence-electron chi connectivity index (χ1n) is 6.95. The highest BCUT2D eigenvalue weighted by Crippen LogP contribution is 2.19. The van der Waals surface area contributed by atoms with Crippen molar-refractivity contribution in [2.75, 3.05) is 13.2 Å². The Kier molecular flexibility index (Phi) is 11.4. The van der Waals surface area contributed by atoms with Crippen LogP contribution in [0.5, 0.6) is 0 Å². The highest BCUT2D eigenvalue weighted by Gasteiger charge is 2.01. The molecule has 0 unspecified atom stereocenters. The van der Waals surface area contributed by atoms with Crippen LogP contribution in [0.15, 0.2) is 46.4 Å². The summed E-state index contributed by atoms with van der Waals surface area (Å²) >= 11 is 0. The molecule has 124 valence electrons. The molecule has 0 aliphatic rings. The molecular weight excluding hydrogens is 300 g/mol. The minimum atomic E-state index is -0.486. The Bertz CT molecular complexity index is 578. The van der Waals surface area contributed by atoms with Crippen molar-refractivity contribution in [3.63, 3.8) is 0 Å². The fraction of sp³-hybridized carbons (Fsp3) is 0.312. The van der Waals surface area contributed by atoms with Gasteiger partial charge in [-0.25, -0.2) is 14.6 Å². The van der Waals surface area contributed by atoms with Crippen LogP contribution in [0.2, 0.25) is 0 Å². The molecule has 7 heteroatoms. The molecule has 0 heterocycles. The second-order valence-electron chi connectivity index (χ2n) is 3.79. The fourth-order valence-corrected chi connectivity index (χ4v) is 1.15. The summed E-state index contributed by atoms with van der Waals surface area (Å²) in [7, 11) is 0. The average Bonchev–Trinajstić information content (AvgIpc) is 2.56. The molecule has 0 aromatic heterocycles. The van der Waals surface area contributed by atoms with Gasteiger partial charge in [0, 0.05) is 5.57 Å². The lowest BCUT2D eigenvalue weighted by Crippen LogP contribution is -2.10. The van der Waals surface area contributed by atoms with Crippen LogP contribution in [0.25, 0.3) is 0 Å². The van der Waals surface area contributed by atoms with Crippen molar-refractivity contribution >= 4 is 29.8 Å². The second kappa shape index (κ2) is 12.9. The van der Waals surface area contributed by atoms with Gasteiger partial charge in [-0.15, -0.1) is 0 Å². The molecule has 0 N–H and O–H groups in total. The van der Waals surface area contributed by atoms with E-state index < -0.39 is 5.97 Å². The van der Waals surface area contributed by atoms with Crippen molar-refractivity contribution in [3.8, 4) is 0 Å². The van der Waals surface area contributed by atoms with Crippen molar-refractivity contribution in [2.24, 2.45) is 9.98 Å². The quantitative estimate of drug-likeness (QED) is 0.107. The van der Waals surface area contributed by atoms with Crippen molar-refractivity contribution in [2.45, 2.75) is 20.8 Å². The predicted molar refractivity (Wildman–Crippen MR) is 86.5 cm³/mol. The van der Waals surface area contributed by atoms with Gasteiger partial charge in [0.25, 0.3) is 0 Å². The van der Waals surface area contributed by atoms with Crippen LogP contribution in [0.3, 0.4) is 0 Å². The monoisotopic (exact) mass is 320 g/mol. The molecule has 23 heavy (non-hydrogen) atoms. The number of hydrogen-bond acceptors (Lipinski definition) is 7. The van der Waals surface area contributed by atoms with E-state index in [-0.39, 0.29) is 13.2 Å². The first-order valence-corrected chi connectivity index (χ1v) is 6.95. The Hall–Kier alpha value is -2.76. The Morgan fingerprint density at radius 1 is 1.30 bits per heavy atom. The zero-order valence-electron chi connectivity index (χ0n) is 13.4. The number of rotatable bonds is 8. The highest BCUT2D eigenvalue weighted by atomic mass is 17.2. The van der Waals surface area contributed by atoms with E-state index in [2.05, 4.69) is 21.5 Å². The Labute approximate surface area is 135 Å². The van der Waals surface area contributed by atoms with Gasteiger partial charge in [0.1, 0.15) is 13.2 Å². The summed E-state index contributed by atoms with van der Waals surface area (Å²) in [5.41, 5.74) is 1.28. The maximum atomic E-state index is 11.0. The maximum absolute atomic E-state index is 11.0. The number of esters is 1. The molecule has 0 radical (unpaired) electrons. The third kappa shape index (κ3) is 9.73. The molecule has 1 rings (SSSR count). The van der Waals surface area contributed by atoms with Crippen LogP contribution in [0.1, 0.15) is 20.8 Å². The number of carbonyl (C=O) groups is 1. The highest BCUT2D eigenvalue weighted by molar-refractivity contribution is 5.86. The largest absolute Gasteiger partial charge is 0.460 e. The fourth-order valence-electron chi connectivity index (χ4n) is 1.15. The van der Waals surface area contributed by atoms with Crippen LogP contribution < -0.4 is 0 Å². The molecule has 1 aromatic carbocycles. The van der Waals surface area contributed by atoms with E-state index >= 15 is 0 Å². The zero-order valence-corrected chi connectivity index (χ0v) is 13.4.